The molecule has 1 aromatic rings. The Labute approximate surface area is 83.9 Å². The van der Waals surface area contributed by atoms with E-state index in [0.29, 0.717) is 6.54 Å². The Balaban J connectivity index is 2.21. The lowest BCUT2D eigenvalue weighted by Crippen LogP contribution is -2.22. The molecule has 1 saturated heterocycles. The SMILES string of the molecule is O=C1CNC(c2cncc(Br)c2)N1. The van der Waals surface area contributed by atoms with Crippen LogP contribution in [0.1, 0.15) is 11.7 Å². The highest BCUT2D eigenvalue weighted by Gasteiger charge is 2.21. The average molecular weight is 242 g/mol. The van der Waals surface area contributed by atoms with E-state index >= 15 is 0 Å². The molecule has 1 unspecified atom stereocenters. The van der Waals surface area contributed by atoms with Gasteiger partial charge in [0.1, 0.15) is 6.17 Å². The first kappa shape index (κ1) is 8.65. The molecule has 0 aliphatic carbocycles. The van der Waals surface area contributed by atoms with Gasteiger partial charge in [-0.2, -0.15) is 0 Å². The first-order valence-corrected chi connectivity index (χ1v) is 4.68. The van der Waals surface area contributed by atoms with Gasteiger partial charge in [0.25, 0.3) is 0 Å². The molecule has 2 heterocycles. The average Bonchev–Trinajstić information content (AvgIpc) is 2.52. The zero-order valence-corrected chi connectivity index (χ0v) is 8.34. The zero-order valence-electron chi connectivity index (χ0n) is 6.75. The topological polar surface area (TPSA) is 54.0 Å². The van der Waals surface area contributed by atoms with Crippen LogP contribution in [0.15, 0.2) is 22.9 Å². The van der Waals surface area contributed by atoms with Crippen LogP contribution in [-0.2, 0) is 4.79 Å². The van der Waals surface area contributed by atoms with Crippen molar-refractivity contribution in [3.05, 3.63) is 28.5 Å². The fourth-order valence-electron chi connectivity index (χ4n) is 1.25. The van der Waals surface area contributed by atoms with Crippen LogP contribution in [0.5, 0.6) is 0 Å². The van der Waals surface area contributed by atoms with Crippen LogP contribution in [0.3, 0.4) is 0 Å². The quantitative estimate of drug-likeness (QED) is 0.756. The predicted octanol–water partition coefficient (Wildman–Crippen LogP) is 0.562. The third-order valence-corrected chi connectivity index (χ3v) is 2.27. The van der Waals surface area contributed by atoms with E-state index in [1.807, 2.05) is 6.07 Å². The Morgan fingerprint density at radius 3 is 3.00 bits per heavy atom. The monoisotopic (exact) mass is 241 g/mol. The number of hydrogen-bond acceptors (Lipinski definition) is 3. The van der Waals surface area contributed by atoms with Crippen LogP contribution >= 0.6 is 15.9 Å². The van der Waals surface area contributed by atoms with E-state index in [0.717, 1.165) is 10.0 Å². The number of aromatic nitrogens is 1. The zero-order chi connectivity index (χ0) is 9.26. The van der Waals surface area contributed by atoms with Gasteiger partial charge in [-0.15, -0.1) is 0 Å². The van der Waals surface area contributed by atoms with Gasteiger partial charge < -0.3 is 5.32 Å². The van der Waals surface area contributed by atoms with Gasteiger partial charge in [0.2, 0.25) is 5.91 Å². The largest absolute Gasteiger partial charge is 0.335 e. The molecule has 2 rings (SSSR count). The van der Waals surface area contributed by atoms with E-state index in [9.17, 15) is 4.79 Å². The number of carbonyl (C=O) groups is 1. The van der Waals surface area contributed by atoms with Gasteiger partial charge in [-0.1, -0.05) is 0 Å². The van der Waals surface area contributed by atoms with Gasteiger partial charge in [0, 0.05) is 22.4 Å². The van der Waals surface area contributed by atoms with Crippen LogP contribution < -0.4 is 10.6 Å². The van der Waals surface area contributed by atoms with Crippen molar-refractivity contribution in [2.45, 2.75) is 6.17 Å². The third-order valence-electron chi connectivity index (χ3n) is 1.83. The molecule has 68 valence electrons. The fourth-order valence-corrected chi connectivity index (χ4v) is 1.63. The number of amides is 1. The van der Waals surface area contributed by atoms with E-state index in [1.165, 1.54) is 0 Å². The summed E-state index contributed by atoms with van der Waals surface area (Å²) < 4.78 is 0.910. The number of hydrogen-bond donors (Lipinski definition) is 2. The molecule has 1 atom stereocenters. The number of pyridine rings is 1. The number of nitrogens with one attached hydrogen (secondary N) is 2. The highest BCUT2D eigenvalue weighted by atomic mass is 79.9. The van der Waals surface area contributed by atoms with E-state index in [-0.39, 0.29) is 12.1 Å². The highest BCUT2D eigenvalue weighted by molar-refractivity contribution is 9.10. The van der Waals surface area contributed by atoms with E-state index in [4.69, 9.17) is 0 Å². The van der Waals surface area contributed by atoms with Crippen molar-refractivity contribution in [2.75, 3.05) is 6.54 Å². The number of halogens is 1. The molecule has 1 fully saturated rings. The number of carbonyl (C=O) groups excluding carboxylic acids is 1. The van der Waals surface area contributed by atoms with E-state index in [1.54, 1.807) is 12.4 Å². The van der Waals surface area contributed by atoms with Crippen molar-refractivity contribution in [1.29, 1.82) is 0 Å². The molecule has 5 heteroatoms. The van der Waals surface area contributed by atoms with E-state index < -0.39 is 0 Å². The summed E-state index contributed by atoms with van der Waals surface area (Å²) >= 11 is 3.32. The Hall–Kier alpha value is -0.940. The standard InChI is InChI=1S/C8H8BrN3O/c9-6-1-5(2-10-3-6)8-11-4-7(13)12-8/h1-3,8,11H,4H2,(H,12,13). The van der Waals surface area contributed by atoms with Gasteiger partial charge in [-0.3, -0.25) is 15.1 Å². The summed E-state index contributed by atoms with van der Waals surface area (Å²) in [6.45, 7) is 0.372. The van der Waals surface area contributed by atoms with Gasteiger partial charge in [-0.05, 0) is 22.0 Å². The Morgan fingerprint density at radius 2 is 2.38 bits per heavy atom. The molecular formula is C8H8BrN3O. The second kappa shape index (κ2) is 3.43. The molecule has 0 bridgehead atoms. The lowest BCUT2D eigenvalue weighted by Gasteiger charge is -2.09. The van der Waals surface area contributed by atoms with Crippen molar-refractivity contribution in [3.8, 4) is 0 Å². The first-order chi connectivity index (χ1) is 6.25. The van der Waals surface area contributed by atoms with Crippen molar-refractivity contribution >= 4 is 21.8 Å². The maximum absolute atomic E-state index is 10.9. The Kier molecular flexibility index (Phi) is 2.28. The van der Waals surface area contributed by atoms with Crippen LogP contribution in [-0.4, -0.2) is 17.4 Å². The van der Waals surface area contributed by atoms with Crippen molar-refractivity contribution in [1.82, 2.24) is 15.6 Å². The Morgan fingerprint density at radius 1 is 1.54 bits per heavy atom. The molecule has 1 aliphatic heterocycles. The van der Waals surface area contributed by atoms with Crippen LogP contribution in [0, 0.1) is 0 Å². The third kappa shape index (κ3) is 1.87. The van der Waals surface area contributed by atoms with Crippen LogP contribution in [0.2, 0.25) is 0 Å². The molecule has 4 nitrogen and oxygen atoms in total. The lowest BCUT2D eigenvalue weighted by molar-refractivity contribution is -0.118. The molecule has 0 aromatic carbocycles. The minimum Gasteiger partial charge on any atom is -0.335 e. The lowest BCUT2D eigenvalue weighted by atomic mass is 10.2. The molecule has 0 radical (unpaired) electrons. The molecule has 2 N–H and O–H groups in total. The molecule has 1 aliphatic rings. The molecule has 1 aromatic heterocycles. The minimum atomic E-state index is -0.0995. The van der Waals surface area contributed by atoms with Crippen molar-refractivity contribution < 1.29 is 4.79 Å². The normalized spacial score (nSPS) is 21.6. The molecule has 0 spiro atoms. The first-order valence-electron chi connectivity index (χ1n) is 3.89. The molecule has 0 saturated carbocycles. The van der Waals surface area contributed by atoms with Crippen molar-refractivity contribution in [2.24, 2.45) is 0 Å². The van der Waals surface area contributed by atoms with E-state index in [2.05, 4.69) is 31.5 Å². The van der Waals surface area contributed by atoms with Crippen LogP contribution in [0.25, 0.3) is 0 Å². The van der Waals surface area contributed by atoms with Gasteiger partial charge in [0.15, 0.2) is 0 Å². The maximum atomic E-state index is 10.9. The summed E-state index contributed by atoms with van der Waals surface area (Å²) in [5.41, 5.74) is 0.959. The smallest absolute Gasteiger partial charge is 0.235 e. The number of rotatable bonds is 1. The highest BCUT2D eigenvalue weighted by Crippen LogP contribution is 2.16. The van der Waals surface area contributed by atoms with Gasteiger partial charge in [-0.25, -0.2) is 0 Å². The van der Waals surface area contributed by atoms with Crippen LogP contribution in [0.4, 0.5) is 0 Å². The molecule has 13 heavy (non-hydrogen) atoms. The fraction of sp³-hybridized carbons (Fsp3) is 0.250. The summed E-state index contributed by atoms with van der Waals surface area (Å²) in [5.74, 6) is 0.0185. The minimum absolute atomic E-state index is 0.0185. The van der Waals surface area contributed by atoms with Gasteiger partial charge >= 0.3 is 0 Å². The summed E-state index contributed by atoms with van der Waals surface area (Å²) in [4.78, 5) is 14.9. The predicted molar refractivity (Wildman–Crippen MR) is 50.8 cm³/mol. The molecule has 1 amide bonds. The second-order valence-corrected chi connectivity index (χ2v) is 3.73. The summed E-state index contributed by atoms with van der Waals surface area (Å²) in [7, 11) is 0. The Bertz CT molecular complexity index is 342. The van der Waals surface area contributed by atoms with Gasteiger partial charge in [0.05, 0.1) is 6.54 Å². The molecular weight excluding hydrogens is 234 g/mol. The summed E-state index contributed by atoms with van der Waals surface area (Å²) in [6, 6.07) is 1.93. The summed E-state index contributed by atoms with van der Waals surface area (Å²) in [5, 5.41) is 5.81. The number of nitrogens with zero attached hydrogens (tertiary/aromatic N) is 1. The van der Waals surface area contributed by atoms with Crippen molar-refractivity contribution in [3.63, 3.8) is 0 Å². The summed E-state index contributed by atoms with van der Waals surface area (Å²) in [6.07, 6.45) is 3.34. The maximum Gasteiger partial charge on any atom is 0.235 e. The second-order valence-electron chi connectivity index (χ2n) is 2.82.